The third-order valence-electron chi connectivity index (χ3n) is 4.15. The summed E-state index contributed by atoms with van der Waals surface area (Å²) in [5, 5.41) is 0. The minimum atomic E-state index is -6.72. The fraction of sp³-hybridized carbons (Fsp3) is 0.688. The van der Waals surface area contributed by atoms with Crippen LogP contribution in [0, 0.1) is 0 Å². The van der Waals surface area contributed by atoms with Crippen LogP contribution in [-0.2, 0) is 45.3 Å². The van der Waals surface area contributed by atoms with E-state index in [9.17, 15) is 43.2 Å². The van der Waals surface area contributed by atoms with E-state index in [-0.39, 0.29) is 5.41 Å². The Kier molecular flexibility index (Phi) is 11.2. The molecule has 0 N–H and O–H groups in total. The van der Waals surface area contributed by atoms with Crippen LogP contribution in [0.5, 0.6) is 0 Å². The van der Waals surface area contributed by atoms with Gasteiger partial charge < -0.3 is 17.4 Å². The second kappa shape index (κ2) is 11.6. The summed E-state index contributed by atoms with van der Waals surface area (Å²) in [7, 11) is -11.0. The largest absolute Gasteiger partial charge is 0.506 e. The number of alkyl halides is 6. The maximum Gasteiger partial charge on any atom is 0.506 e. The van der Waals surface area contributed by atoms with Crippen LogP contribution in [0.1, 0.15) is 26.3 Å². The number of nitrogens with zero attached hydrogens (tertiary/aromatic N) is 2. The lowest BCUT2D eigenvalue weighted by Crippen LogP contribution is -2.47. The molecule has 0 fully saturated rings. The summed E-state index contributed by atoms with van der Waals surface area (Å²) in [6, 6.07) is 5.08. The Hall–Kier alpha value is -1.31. The van der Waals surface area contributed by atoms with Gasteiger partial charge in [-0.2, -0.15) is 26.3 Å². The molecule has 1 aromatic rings. The molecule has 1 heterocycles. The van der Waals surface area contributed by atoms with Crippen molar-refractivity contribution in [2.45, 2.75) is 49.8 Å². The molecule has 1 rings (SSSR count). The van der Waals surface area contributed by atoms with Crippen LogP contribution in [0.3, 0.4) is 0 Å². The Balaban J connectivity index is 0.000000661. The van der Waals surface area contributed by atoms with Crippen molar-refractivity contribution in [3.8, 4) is 0 Å². The van der Waals surface area contributed by atoms with E-state index in [1.165, 1.54) is 5.56 Å². The summed E-state index contributed by atoms with van der Waals surface area (Å²) in [6.07, 6.45) is 4.20. The van der Waals surface area contributed by atoms with E-state index < -0.39 is 39.9 Å². The molecule has 0 saturated carbocycles. The molecule has 18 heteroatoms. The van der Waals surface area contributed by atoms with Gasteiger partial charge >= 0.3 is 19.8 Å². The highest BCUT2D eigenvalue weighted by Gasteiger charge is 2.47. The third kappa shape index (κ3) is 9.38. The van der Waals surface area contributed by atoms with Crippen molar-refractivity contribution < 1.29 is 61.0 Å². The van der Waals surface area contributed by atoms with Crippen molar-refractivity contribution >= 4 is 28.9 Å². The maximum atomic E-state index is 11.4. The normalized spacial score (nSPS) is 13.9. The monoisotopic (exact) mass is 564 g/mol. The van der Waals surface area contributed by atoms with E-state index in [1.807, 2.05) is 0 Å². The lowest BCUT2D eigenvalue weighted by Gasteiger charge is -2.23. The van der Waals surface area contributed by atoms with Crippen LogP contribution in [0.15, 0.2) is 24.5 Å². The summed E-state index contributed by atoms with van der Waals surface area (Å²) >= 11 is 0. The van der Waals surface area contributed by atoms with Crippen LogP contribution in [0.25, 0.3) is 4.13 Å². The smallest absolute Gasteiger partial charge is 0.421 e. The minimum absolute atomic E-state index is 0.184. The van der Waals surface area contributed by atoms with Gasteiger partial charge in [-0.15, -0.1) is 0 Å². The lowest BCUT2D eigenvalue weighted by atomic mass is 9.88. The van der Waals surface area contributed by atoms with Crippen LogP contribution < -0.4 is 4.57 Å². The zero-order valence-electron chi connectivity index (χ0n) is 19.1. The molecule has 0 aliphatic rings. The molecule has 0 spiro atoms. The first-order chi connectivity index (χ1) is 15.1. The highest BCUT2D eigenvalue weighted by atomic mass is 32.3. The van der Waals surface area contributed by atoms with Gasteiger partial charge in [-0.25, -0.2) is 21.4 Å². The molecule has 34 heavy (non-hydrogen) atoms. The predicted octanol–water partition coefficient (Wildman–Crippen LogP) is 3.21. The van der Waals surface area contributed by atoms with Crippen molar-refractivity contribution in [3.63, 3.8) is 0 Å². The summed E-state index contributed by atoms with van der Waals surface area (Å²) < 4.78 is 128. The molecule has 0 bridgehead atoms. The van der Waals surface area contributed by atoms with Gasteiger partial charge in [0.1, 0.15) is 0 Å². The molecule has 0 aliphatic carbocycles. The van der Waals surface area contributed by atoms with E-state index in [0.717, 1.165) is 16.7 Å². The van der Waals surface area contributed by atoms with Gasteiger partial charge in [0.2, 0.25) is 0 Å². The molecule has 200 valence electrons. The standard InChI is InChI=1S/C14H26NO3Si.C2F6NO4S2/c1-14(2,3)13-7-9-15(10-8-13)11-12-19(16-4,17-5)18-6;3-1(4,5)14(10,11)9-15(12,13)2(6,7)8/h7-10H,11-12H2,1-6H3;/q+1;-1. The first-order valence-corrected chi connectivity index (χ1v) is 13.9. The van der Waals surface area contributed by atoms with Gasteiger partial charge in [0.25, 0.3) is 0 Å². The summed E-state index contributed by atoms with van der Waals surface area (Å²) in [4.78, 5) is 0. The predicted molar refractivity (Wildman–Crippen MR) is 110 cm³/mol. The summed E-state index contributed by atoms with van der Waals surface area (Å²) in [5.74, 6) is 0. The third-order valence-corrected chi connectivity index (χ3v) is 9.59. The molecule has 0 aromatic carbocycles. The van der Waals surface area contributed by atoms with Gasteiger partial charge in [0, 0.05) is 33.5 Å². The zero-order valence-corrected chi connectivity index (χ0v) is 21.7. The molecule has 0 aliphatic heterocycles. The van der Waals surface area contributed by atoms with Crippen molar-refractivity contribution in [2.75, 3.05) is 21.3 Å². The highest BCUT2D eigenvalue weighted by Crippen LogP contribution is 2.36. The number of aromatic nitrogens is 1. The minimum Gasteiger partial charge on any atom is -0.421 e. The SMILES string of the molecule is CO[Si](CC[n+]1ccc(C(C)(C)C)cc1)(OC)OC.O=S(=O)([N-]S(=O)(=O)C(F)(F)F)C(F)(F)F. The average molecular weight is 565 g/mol. The maximum absolute atomic E-state index is 11.4. The fourth-order valence-electron chi connectivity index (χ4n) is 2.14. The first kappa shape index (κ1) is 32.7. The lowest BCUT2D eigenvalue weighted by molar-refractivity contribution is -0.694. The van der Waals surface area contributed by atoms with Crippen molar-refractivity contribution in [3.05, 3.63) is 34.2 Å². The molecule has 1 aromatic heterocycles. The van der Waals surface area contributed by atoms with E-state index in [2.05, 4.69) is 49.9 Å². The van der Waals surface area contributed by atoms with Gasteiger partial charge in [0.05, 0.1) is 6.04 Å². The number of aryl methyl sites for hydroxylation is 1. The van der Waals surface area contributed by atoms with E-state index in [1.54, 1.807) is 21.3 Å². The van der Waals surface area contributed by atoms with Crippen molar-refractivity contribution in [1.29, 1.82) is 0 Å². The number of hydrogen-bond acceptors (Lipinski definition) is 7. The highest BCUT2D eigenvalue weighted by molar-refractivity contribution is 8.13. The number of sulfonamides is 2. The zero-order chi connectivity index (χ0) is 27.2. The topological polar surface area (TPSA) is 114 Å². The fourth-order valence-corrected chi connectivity index (χ4v) is 5.50. The van der Waals surface area contributed by atoms with Gasteiger partial charge in [-0.1, -0.05) is 20.8 Å². The molecule has 0 unspecified atom stereocenters. The van der Waals surface area contributed by atoms with Crippen LogP contribution in [0.4, 0.5) is 26.3 Å². The van der Waals surface area contributed by atoms with Crippen LogP contribution in [-0.4, -0.2) is 58.0 Å². The van der Waals surface area contributed by atoms with Crippen molar-refractivity contribution in [2.24, 2.45) is 0 Å². The Morgan fingerprint density at radius 3 is 1.44 bits per heavy atom. The van der Waals surface area contributed by atoms with Crippen molar-refractivity contribution in [1.82, 2.24) is 0 Å². The molecule has 0 atom stereocenters. The molecule has 0 amide bonds. The molecule has 0 saturated heterocycles. The molecule has 0 radical (unpaired) electrons. The van der Waals surface area contributed by atoms with Crippen LogP contribution in [0.2, 0.25) is 6.04 Å². The summed E-state index contributed by atoms with van der Waals surface area (Å²) in [5.41, 5.74) is -10.9. The van der Waals surface area contributed by atoms with Crippen LogP contribution >= 0.6 is 0 Å². The number of halogens is 6. The number of pyridine rings is 1. The Morgan fingerprint density at radius 1 is 0.824 bits per heavy atom. The van der Waals surface area contributed by atoms with Gasteiger partial charge in [0.15, 0.2) is 39.0 Å². The van der Waals surface area contributed by atoms with E-state index >= 15 is 0 Å². The molecular weight excluding hydrogens is 538 g/mol. The number of hydrogen-bond donors (Lipinski definition) is 0. The Morgan fingerprint density at radius 2 is 1.18 bits per heavy atom. The molecule has 9 nitrogen and oxygen atoms in total. The Bertz CT molecular complexity index is 938. The van der Waals surface area contributed by atoms with E-state index in [0.29, 0.717) is 0 Å². The number of rotatable bonds is 8. The Labute approximate surface area is 195 Å². The molecular formula is C16H26F6N2O7S2Si. The first-order valence-electron chi connectivity index (χ1n) is 9.09. The van der Waals surface area contributed by atoms with Gasteiger partial charge in [-0.05, 0) is 11.0 Å². The van der Waals surface area contributed by atoms with E-state index in [4.69, 9.17) is 13.3 Å². The summed E-state index contributed by atoms with van der Waals surface area (Å²) in [6.45, 7) is 7.47. The van der Waals surface area contributed by atoms with Gasteiger partial charge in [-0.3, -0.25) is 0 Å². The average Bonchev–Trinajstić information content (AvgIpc) is 2.67. The second-order valence-electron chi connectivity index (χ2n) is 7.54. The quantitative estimate of drug-likeness (QED) is 0.271. The second-order valence-corrected chi connectivity index (χ2v) is 14.0.